The van der Waals surface area contributed by atoms with Crippen LogP contribution in [0.15, 0.2) is 21.9 Å². The van der Waals surface area contributed by atoms with Gasteiger partial charge in [-0.05, 0) is 6.42 Å². The van der Waals surface area contributed by atoms with E-state index in [-0.39, 0.29) is 13.0 Å². The minimum Gasteiger partial charge on any atom is -0.394 e. The Morgan fingerprint density at radius 2 is 2.32 bits per heavy atom. The zero-order valence-electron chi connectivity index (χ0n) is 10.7. The Bertz CT molecular complexity index is 552. The van der Waals surface area contributed by atoms with Crippen LogP contribution in [0.25, 0.3) is 0 Å². The molecule has 7 heteroatoms. The lowest BCUT2D eigenvalue weighted by atomic mass is 10.0. The van der Waals surface area contributed by atoms with Crippen LogP contribution >= 0.6 is 0 Å². The quantitative estimate of drug-likeness (QED) is 0.660. The van der Waals surface area contributed by atoms with E-state index in [0.29, 0.717) is 6.42 Å². The molecule has 106 valence electrons. The van der Waals surface area contributed by atoms with Gasteiger partial charge in [-0.15, -0.1) is 0 Å². The first-order valence-corrected chi connectivity index (χ1v) is 6.31. The molecule has 2 heterocycles. The Labute approximate surface area is 109 Å². The van der Waals surface area contributed by atoms with Gasteiger partial charge in [-0.3, -0.25) is 14.3 Å². The van der Waals surface area contributed by atoms with Crippen LogP contribution < -0.4 is 11.2 Å². The average molecular weight is 270 g/mol. The monoisotopic (exact) mass is 270 g/mol. The van der Waals surface area contributed by atoms with Gasteiger partial charge in [0.25, 0.3) is 5.56 Å². The summed E-state index contributed by atoms with van der Waals surface area (Å²) in [6.07, 6.45) is 1.25. The molecule has 3 atom stereocenters. The number of H-pyrrole nitrogens is 1. The lowest BCUT2D eigenvalue weighted by molar-refractivity contribution is -0.124. The van der Waals surface area contributed by atoms with Gasteiger partial charge in [-0.25, -0.2) is 4.79 Å². The fourth-order valence-corrected chi connectivity index (χ4v) is 2.59. The van der Waals surface area contributed by atoms with Crippen LogP contribution in [0.3, 0.4) is 0 Å². The lowest BCUT2D eigenvalue weighted by Gasteiger charge is -2.30. The Balaban J connectivity index is 2.46. The number of aliphatic hydroxyl groups is 2. The number of hydrogen-bond acceptors (Lipinski definition) is 5. The van der Waals surface area contributed by atoms with Crippen LogP contribution in [-0.2, 0) is 10.5 Å². The van der Waals surface area contributed by atoms with E-state index >= 15 is 0 Å². The topological polar surface area (TPSA) is 105 Å². The fourth-order valence-electron chi connectivity index (χ4n) is 2.59. The lowest BCUT2D eigenvalue weighted by Crippen LogP contribution is -2.44. The Kier molecular flexibility index (Phi) is 3.88. The van der Waals surface area contributed by atoms with Gasteiger partial charge in [-0.2, -0.15) is 0 Å². The van der Waals surface area contributed by atoms with E-state index in [2.05, 4.69) is 4.98 Å². The van der Waals surface area contributed by atoms with Crippen molar-refractivity contribution in [1.29, 1.82) is 0 Å². The second-order valence-corrected chi connectivity index (χ2v) is 4.79. The van der Waals surface area contributed by atoms with Gasteiger partial charge in [-0.1, -0.05) is 13.3 Å². The Morgan fingerprint density at radius 1 is 1.58 bits per heavy atom. The number of aromatic amines is 1. The highest BCUT2D eigenvalue weighted by molar-refractivity contribution is 4.95. The Morgan fingerprint density at radius 3 is 2.84 bits per heavy atom. The molecule has 3 N–H and O–H groups in total. The molecule has 0 amide bonds. The minimum absolute atomic E-state index is 0.206. The van der Waals surface area contributed by atoms with Gasteiger partial charge in [0, 0.05) is 18.7 Å². The second kappa shape index (κ2) is 5.28. The van der Waals surface area contributed by atoms with Crippen molar-refractivity contribution in [2.45, 2.75) is 44.1 Å². The van der Waals surface area contributed by atoms with Crippen molar-refractivity contribution in [3.8, 4) is 0 Å². The van der Waals surface area contributed by atoms with Crippen molar-refractivity contribution in [3.05, 3.63) is 33.1 Å². The highest BCUT2D eigenvalue weighted by atomic mass is 16.6. The van der Waals surface area contributed by atoms with Crippen LogP contribution in [-0.4, -0.2) is 38.6 Å². The molecule has 1 aliphatic rings. The first kappa shape index (κ1) is 14.0. The molecular formula is C12H18N2O5. The van der Waals surface area contributed by atoms with Gasteiger partial charge in [0.15, 0.2) is 5.72 Å². The minimum atomic E-state index is -1.01. The third-order valence-electron chi connectivity index (χ3n) is 3.41. The number of aliphatic hydroxyl groups excluding tert-OH is 2. The largest absolute Gasteiger partial charge is 0.394 e. The number of ether oxygens (including phenoxy) is 1. The summed E-state index contributed by atoms with van der Waals surface area (Å²) in [6.45, 7) is 1.62. The zero-order chi connectivity index (χ0) is 14.0. The summed E-state index contributed by atoms with van der Waals surface area (Å²) in [5, 5.41) is 19.1. The summed E-state index contributed by atoms with van der Waals surface area (Å²) in [5.74, 6) is 0. The maximum absolute atomic E-state index is 11.9. The molecule has 0 aromatic carbocycles. The van der Waals surface area contributed by atoms with Crippen molar-refractivity contribution in [1.82, 2.24) is 9.55 Å². The number of nitrogens with zero attached hydrogens (tertiary/aromatic N) is 1. The predicted molar refractivity (Wildman–Crippen MR) is 66.8 cm³/mol. The zero-order valence-corrected chi connectivity index (χ0v) is 10.7. The van der Waals surface area contributed by atoms with Crippen LogP contribution in [0, 0.1) is 0 Å². The van der Waals surface area contributed by atoms with Gasteiger partial charge >= 0.3 is 5.69 Å². The highest BCUT2D eigenvalue weighted by Gasteiger charge is 2.47. The molecule has 1 aliphatic heterocycles. The van der Waals surface area contributed by atoms with E-state index in [9.17, 15) is 14.7 Å². The molecule has 7 nitrogen and oxygen atoms in total. The van der Waals surface area contributed by atoms with Crippen molar-refractivity contribution in [2.75, 3.05) is 6.61 Å². The smallest absolute Gasteiger partial charge is 0.330 e. The summed E-state index contributed by atoms with van der Waals surface area (Å²) < 4.78 is 6.99. The summed E-state index contributed by atoms with van der Waals surface area (Å²) >= 11 is 0. The molecule has 1 fully saturated rings. The molecule has 1 saturated heterocycles. The molecule has 0 spiro atoms. The first-order valence-electron chi connectivity index (χ1n) is 6.31. The van der Waals surface area contributed by atoms with Crippen molar-refractivity contribution in [3.63, 3.8) is 0 Å². The second-order valence-electron chi connectivity index (χ2n) is 4.79. The molecule has 1 aromatic heterocycles. The highest BCUT2D eigenvalue weighted by Crippen LogP contribution is 2.37. The van der Waals surface area contributed by atoms with E-state index in [4.69, 9.17) is 9.84 Å². The average Bonchev–Trinajstić information content (AvgIpc) is 2.66. The Hall–Kier alpha value is -1.44. The number of aromatic nitrogens is 2. The predicted octanol–water partition coefficient (Wildman–Crippen LogP) is -0.868. The summed E-state index contributed by atoms with van der Waals surface area (Å²) in [5.41, 5.74) is -2.07. The van der Waals surface area contributed by atoms with Crippen molar-refractivity contribution in [2.24, 2.45) is 0 Å². The summed E-state index contributed by atoms with van der Waals surface area (Å²) in [6, 6.07) is 1.24. The van der Waals surface area contributed by atoms with Crippen LogP contribution in [0.2, 0.25) is 0 Å². The SMILES string of the molecule is CCC[C@]1(n2ccc(=O)[nH]c2=O)C[C@H](O)[C@@H](CO)O1. The van der Waals surface area contributed by atoms with Gasteiger partial charge in [0.2, 0.25) is 0 Å². The molecule has 2 rings (SSSR count). The standard InChI is InChI=1S/C12H18N2O5/c1-2-4-12(6-8(16)9(7-15)19-12)14-5-3-10(17)13-11(14)18/h3,5,8-9,15-16H,2,4,6-7H2,1H3,(H,13,17,18)/t8-,9+,12+/m0/s1. The van der Waals surface area contributed by atoms with Gasteiger partial charge in [0.05, 0.1) is 12.7 Å². The van der Waals surface area contributed by atoms with Crippen molar-refractivity contribution < 1.29 is 14.9 Å². The van der Waals surface area contributed by atoms with E-state index in [0.717, 1.165) is 6.42 Å². The van der Waals surface area contributed by atoms with E-state index in [1.54, 1.807) is 0 Å². The number of nitrogens with one attached hydrogen (secondary N) is 1. The molecule has 19 heavy (non-hydrogen) atoms. The molecule has 0 aliphatic carbocycles. The van der Waals surface area contributed by atoms with Gasteiger partial charge < -0.3 is 14.9 Å². The molecule has 0 unspecified atom stereocenters. The molecule has 0 radical (unpaired) electrons. The van der Waals surface area contributed by atoms with E-state index in [1.807, 2.05) is 6.92 Å². The van der Waals surface area contributed by atoms with Crippen molar-refractivity contribution >= 4 is 0 Å². The molecule has 1 aromatic rings. The van der Waals surface area contributed by atoms with E-state index in [1.165, 1.54) is 16.8 Å². The van der Waals surface area contributed by atoms with Crippen LogP contribution in [0.4, 0.5) is 0 Å². The fraction of sp³-hybridized carbons (Fsp3) is 0.667. The maximum Gasteiger partial charge on any atom is 0.330 e. The number of hydrogen-bond donors (Lipinski definition) is 3. The molecule has 0 saturated carbocycles. The van der Waals surface area contributed by atoms with Crippen LogP contribution in [0.1, 0.15) is 26.2 Å². The number of rotatable bonds is 4. The summed E-state index contributed by atoms with van der Waals surface area (Å²) in [4.78, 5) is 25.2. The first-order chi connectivity index (χ1) is 9.02. The van der Waals surface area contributed by atoms with E-state index < -0.39 is 29.2 Å². The van der Waals surface area contributed by atoms with Gasteiger partial charge in [0.1, 0.15) is 6.10 Å². The van der Waals surface area contributed by atoms with Crippen LogP contribution in [0.5, 0.6) is 0 Å². The third-order valence-corrected chi connectivity index (χ3v) is 3.41. The summed E-state index contributed by atoms with van der Waals surface area (Å²) in [7, 11) is 0. The normalized spacial score (nSPS) is 30.7. The molecule has 0 bridgehead atoms. The molecular weight excluding hydrogens is 252 g/mol. The third kappa shape index (κ3) is 2.49. The maximum atomic E-state index is 11.9.